The standard InChI is InChI=1S/C14H13N5O5S2.C14H28N2/c1-2-5-3-25-12-8(11(21)19(12)9(5)13(22)23)17-10(20)7(18-24)6-4-26-14(15)16-6;1-3-7-13(8-4-1)15-11-12-16-14-9-5-2-6-10-14/h2,4,8,12,24H,1,3H2,(H2,15,16)(H,17,20)(H,22,23);13-16H,1-12H2/b18-7-;/t8-,12-;/m1./s1. The van der Waals surface area contributed by atoms with Gasteiger partial charge in [-0.15, -0.1) is 23.1 Å². The number of amides is 2. The van der Waals surface area contributed by atoms with E-state index in [4.69, 9.17) is 10.9 Å². The summed E-state index contributed by atoms with van der Waals surface area (Å²) in [5.41, 5.74) is 5.49. The summed E-state index contributed by atoms with van der Waals surface area (Å²) in [7, 11) is 0. The molecule has 230 valence electrons. The number of thioether (sulfide) groups is 1. The quantitative estimate of drug-likeness (QED) is 0.0749. The van der Waals surface area contributed by atoms with Gasteiger partial charge in [0.25, 0.3) is 11.8 Å². The number of nitrogens with zero attached hydrogens (tertiary/aromatic N) is 3. The minimum absolute atomic E-state index is 0.0764. The molecule has 14 heteroatoms. The summed E-state index contributed by atoms with van der Waals surface area (Å²) in [6, 6.07) is 0.699. The van der Waals surface area contributed by atoms with Crippen molar-refractivity contribution < 1.29 is 24.7 Å². The second-order valence-corrected chi connectivity index (χ2v) is 12.8. The van der Waals surface area contributed by atoms with Gasteiger partial charge in [-0.05, 0) is 31.3 Å². The van der Waals surface area contributed by atoms with Crippen LogP contribution in [0, 0.1) is 0 Å². The second kappa shape index (κ2) is 15.5. The fraction of sp³-hybridized carbons (Fsp3) is 0.607. The summed E-state index contributed by atoms with van der Waals surface area (Å²) in [4.78, 5) is 41.2. The van der Waals surface area contributed by atoms with Crippen molar-refractivity contribution in [3.8, 4) is 0 Å². The van der Waals surface area contributed by atoms with Gasteiger partial charge < -0.3 is 32.0 Å². The van der Waals surface area contributed by atoms with E-state index < -0.39 is 29.2 Å². The number of fused-ring (bicyclic) bond motifs is 1. The molecule has 0 radical (unpaired) electrons. The summed E-state index contributed by atoms with van der Waals surface area (Å²) in [6.07, 6.45) is 15.7. The van der Waals surface area contributed by atoms with Crippen molar-refractivity contribution in [2.24, 2.45) is 5.16 Å². The lowest BCUT2D eigenvalue weighted by atomic mass is 9.95. The van der Waals surface area contributed by atoms with Gasteiger partial charge in [0.05, 0.1) is 0 Å². The molecule has 2 amide bonds. The number of carboxylic acid groups (broad SMARTS) is 1. The number of hydrogen-bond acceptors (Lipinski definition) is 11. The number of allylic oxidation sites excluding steroid dienone is 1. The van der Waals surface area contributed by atoms with Crippen molar-refractivity contribution >= 4 is 51.7 Å². The highest BCUT2D eigenvalue weighted by molar-refractivity contribution is 8.00. The average Bonchev–Trinajstić information content (AvgIpc) is 3.44. The number of nitrogens with one attached hydrogen (secondary N) is 3. The van der Waals surface area contributed by atoms with Crippen LogP contribution in [0.3, 0.4) is 0 Å². The molecule has 0 aromatic carbocycles. The molecular formula is C28H41N7O5S2. The number of hydrogen-bond donors (Lipinski definition) is 6. The normalized spacial score (nSPS) is 23.4. The molecule has 1 aromatic heterocycles. The van der Waals surface area contributed by atoms with E-state index in [1.807, 2.05) is 0 Å². The lowest BCUT2D eigenvalue weighted by Gasteiger charge is -2.49. The minimum atomic E-state index is -1.24. The van der Waals surface area contributed by atoms with Crippen LogP contribution >= 0.6 is 23.1 Å². The first-order chi connectivity index (χ1) is 20.3. The summed E-state index contributed by atoms with van der Waals surface area (Å²) in [5.74, 6) is -2.27. The molecular weight excluding hydrogens is 578 g/mol. The van der Waals surface area contributed by atoms with Crippen LogP contribution in [0.15, 0.2) is 34.5 Å². The largest absolute Gasteiger partial charge is 0.477 e. The van der Waals surface area contributed by atoms with Gasteiger partial charge in [-0.3, -0.25) is 14.5 Å². The Hall–Kier alpha value is -2.94. The smallest absolute Gasteiger partial charge is 0.352 e. The van der Waals surface area contributed by atoms with Crippen LogP contribution in [0.5, 0.6) is 0 Å². The zero-order valence-corrected chi connectivity index (χ0v) is 25.4. The summed E-state index contributed by atoms with van der Waals surface area (Å²) >= 11 is 2.37. The molecule has 0 unspecified atom stereocenters. The van der Waals surface area contributed by atoms with Crippen molar-refractivity contribution in [2.75, 3.05) is 24.6 Å². The molecule has 7 N–H and O–H groups in total. The molecule has 1 saturated heterocycles. The number of nitrogens with two attached hydrogens (primary N) is 1. The van der Waals surface area contributed by atoms with Crippen LogP contribution in [-0.4, -0.2) is 86.0 Å². The van der Waals surface area contributed by atoms with Gasteiger partial charge >= 0.3 is 5.97 Å². The van der Waals surface area contributed by atoms with Gasteiger partial charge in [-0.1, -0.05) is 56.3 Å². The van der Waals surface area contributed by atoms with Crippen molar-refractivity contribution in [1.82, 2.24) is 25.8 Å². The van der Waals surface area contributed by atoms with Crippen molar-refractivity contribution in [1.29, 1.82) is 0 Å². The third kappa shape index (κ3) is 7.91. The Morgan fingerprint density at radius 2 is 1.69 bits per heavy atom. The molecule has 42 heavy (non-hydrogen) atoms. The van der Waals surface area contributed by atoms with Gasteiger partial charge in [-0.25, -0.2) is 9.78 Å². The number of aliphatic carboxylic acids is 1. The van der Waals surface area contributed by atoms with Crippen LogP contribution < -0.4 is 21.7 Å². The number of carbonyl (C=O) groups is 3. The van der Waals surface area contributed by atoms with Crippen molar-refractivity contribution in [3.05, 3.63) is 35.0 Å². The Morgan fingerprint density at radius 1 is 1.10 bits per heavy atom. The van der Waals surface area contributed by atoms with Crippen LogP contribution in [0.1, 0.15) is 69.9 Å². The maximum Gasteiger partial charge on any atom is 0.352 e. The molecule has 2 atom stereocenters. The second-order valence-electron chi connectivity index (χ2n) is 10.8. The van der Waals surface area contributed by atoms with E-state index in [2.05, 4.69) is 32.7 Å². The molecule has 3 heterocycles. The Bertz CT molecular complexity index is 1170. The summed E-state index contributed by atoms with van der Waals surface area (Å²) < 4.78 is 0. The lowest BCUT2D eigenvalue weighted by Crippen LogP contribution is -2.71. The molecule has 0 spiro atoms. The van der Waals surface area contributed by atoms with E-state index >= 15 is 0 Å². The highest BCUT2D eigenvalue weighted by atomic mass is 32.2. The Labute approximate surface area is 254 Å². The SMILES string of the molecule is C1CCC(NCCNC2CCCCC2)CC1.C=CC1=C(C(=O)O)N2C(=O)[C@@H](NC(=O)/C(=N\O)c3csc(N)n3)[C@H]2SC1. The highest BCUT2D eigenvalue weighted by Crippen LogP contribution is 2.40. The van der Waals surface area contributed by atoms with Crippen molar-refractivity contribution in [3.63, 3.8) is 0 Å². The molecule has 2 saturated carbocycles. The zero-order chi connectivity index (χ0) is 30.1. The monoisotopic (exact) mass is 619 g/mol. The highest BCUT2D eigenvalue weighted by Gasteiger charge is 2.54. The van der Waals surface area contributed by atoms with E-state index in [1.165, 1.54) is 101 Å². The Balaban J connectivity index is 0.000000216. The number of aromatic nitrogens is 1. The van der Waals surface area contributed by atoms with Crippen LogP contribution in [-0.2, 0) is 14.4 Å². The fourth-order valence-electron chi connectivity index (χ4n) is 5.78. The van der Waals surface area contributed by atoms with E-state index in [9.17, 15) is 19.5 Å². The third-order valence-electron chi connectivity index (χ3n) is 8.01. The minimum Gasteiger partial charge on any atom is -0.477 e. The molecule has 4 aliphatic rings. The Morgan fingerprint density at radius 3 is 2.17 bits per heavy atom. The summed E-state index contributed by atoms with van der Waals surface area (Å²) in [6.45, 7) is 5.90. The van der Waals surface area contributed by atoms with Crippen LogP contribution in [0.25, 0.3) is 0 Å². The number of thiazole rings is 1. The fourth-order valence-corrected chi connectivity index (χ4v) is 7.67. The van der Waals surface area contributed by atoms with Gasteiger partial charge in [0, 0.05) is 36.3 Å². The number of β-lactam (4-membered cyclic amide) rings is 1. The zero-order valence-electron chi connectivity index (χ0n) is 23.7. The Kier molecular flexibility index (Phi) is 11.8. The number of rotatable bonds is 10. The maximum atomic E-state index is 12.4. The average molecular weight is 620 g/mol. The lowest BCUT2D eigenvalue weighted by molar-refractivity contribution is -0.150. The maximum absolute atomic E-state index is 12.4. The number of anilines is 1. The summed E-state index contributed by atoms with van der Waals surface area (Å²) in [5, 5.41) is 32.3. The number of oxime groups is 1. The van der Waals surface area contributed by atoms with Crippen LogP contribution in [0.2, 0.25) is 0 Å². The first-order valence-corrected chi connectivity index (χ1v) is 16.5. The first kappa shape index (κ1) is 32.0. The third-order valence-corrected chi connectivity index (χ3v) is 9.99. The molecule has 0 bridgehead atoms. The molecule has 1 aromatic rings. The molecule has 2 aliphatic heterocycles. The number of carbonyl (C=O) groups excluding carboxylic acids is 2. The van der Waals surface area contributed by atoms with E-state index in [-0.39, 0.29) is 22.2 Å². The molecule has 3 fully saturated rings. The van der Waals surface area contributed by atoms with E-state index in [0.717, 1.165) is 28.3 Å². The molecule has 2 aliphatic carbocycles. The van der Waals surface area contributed by atoms with Crippen molar-refractivity contribution in [2.45, 2.75) is 87.7 Å². The van der Waals surface area contributed by atoms with E-state index in [1.54, 1.807) is 0 Å². The predicted octanol–water partition coefficient (Wildman–Crippen LogP) is 2.66. The van der Waals surface area contributed by atoms with Gasteiger partial charge in [0.2, 0.25) is 0 Å². The van der Waals surface area contributed by atoms with Gasteiger partial charge in [0.15, 0.2) is 10.8 Å². The van der Waals surface area contributed by atoms with Crippen LogP contribution in [0.4, 0.5) is 5.13 Å². The first-order valence-electron chi connectivity index (χ1n) is 14.6. The van der Waals surface area contributed by atoms with Gasteiger partial charge in [-0.2, -0.15) is 0 Å². The predicted molar refractivity (Wildman–Crippen MR) is 164 cm³/mol. The number of carboxylic acids is 1. The molecule has 12 nitrogen and oxygen atoms in total. The van der Waals surface area contributed by atoms with E-state index in [0.29, 0.717) is 11.3 Å². The topological polar surface area (TPSA) is 182 Å². The van der Waals surface area contributed by atoms with Gasteiger partial charge in [0.1, 0.15) is 22.8 Å². The number of nitrogen functional groups attached to an aromatic ring is 1. The molecule has 5 rings (SSSR count).